The fourth-order valence-corrected chi connectivity index (χ4v) is 11.2. The number of carbonyl (C=O) groups excluding carboxylic acids is 9. The molecule has 2 atom stereocenters. The lowest BCUT2D eigenvalue weighted by molar-refractivity contribution is -0.150. The van der Waals surface area contributed by atoms with E-state index >= 15 is 0 Å². The van der Waals surface area contributed by atoms with Crippen LogP contribution in [0.15, 0.2) is 12.2 Å². The molecule has 3 aliphatic rings. The molecule has 0 radical (unpaired) electrons. The first kappa shape index (κ1) is 72.0. The summed E-state index contributed by atoms with van der Waals surface area (Å²) in [7, 11) is 2.08. The first-order valence-electron chi connectivity index (χ1n) is 26.7. The first-order valence-corrected chi connectivity index (χ1v) is 37.9. The predicted octanol–water partition coefficient (Wildman–Crippen LogP) is 6.57. The number of imide groups is 2. The molecule has 3 aliphatic heterocycles. The number of ether oxygens (including phenoxy) is 4. The lowest BCUT2D eigenvalue weighted by atomic mass is 10.1. The first-order chi connectivity index (χ1) is 34.6. The molecule has 74 heavy (non-hydrogen) atoms. The van der Waals surface area contributed by atoms with Crippen LogP contribution in [0.2, 0.25) is 77.1 Å². The standard InChI is InChI=1S/C22H39N3O4Si.C12H25NO4Si.C6H11NO.C6H17NSi.C6H8O4/c1-30(2,3)16-10-13-23-18(22(29)25-15-9-5-7-12-20(25)27)17-21(28)24-14-8-4-6-11-19(24)26;1-16-11(14)9-10(12(15)17-2)13-7-6-8-18(3,4)5;8-6-4-2-1-3-5-7-6;1-8(2,3)6-4-5-7;1-9-5(7)3-4-6(8)10-2/h18,23H,4-17H2,1-3H3;10,13H,6-9H2,1-5H3;1-5H2,(H,7,8);4-7H2,1-3H3;3-4H,1-2H3/b;;;;4-3-. The third kappa shape index (κ3) is 40.2. The average Bonchev–Trinajstić information content (AvgIpc) is 3.82. The van der Waals surface area contributed by atoms with Crippen LogP contribution in [0.1, 0.15) is 109 Å². The number of rotatable bonds is 21. The Bertz CT molecular complexity index is 1690. The van der Waals surface area contributed by atoms with Crippen molar-refractivity contribution in [1.29, 1.82) is 0 Å². The van der Waals surface area contributed by atoms with Crippen LogP contribution in [-0.2, 0) is 62.1 Å². The molecular weight excluding hydrogens is 1000 g/mol. The highest BCUT2D eigenvalue weighted by atomic mass is 28.3. The van der Waals surface area contributed by atoms with E-state index in [9.17, 15) is 43.2 Å². The molecule has 0 aromatic heterocycles. The van der Waals surface area contributed by atoms with Crippen molar-refractivity contribution in [2.75, 3.05) is 67.7 Å². The van der Waals surface area contributed by atoms with Crippen molar-refractivity contribution in [2.45, 2.75) is 198 Å². The van der Waals surface area contributed by atoms with Gasteiger partial charge in [-0.05, 0) is 77.4 Å². The van der Waals surface area contributed by atoms with E-state index in [1.165, 1.54) is 63.2 Å². The van der Waals surface area contributed by atoms with Crippen LogP contribution in [0.5, 0.6) is 0 Å². The van der Waals surface area contributed by atoms with Crippen LogP contribution in [0, 0.1) is 0 Å². The summed E-state index contributed by atoms with van der Waals surface area (Å²) < 4.78 is 17.6. The molecule has 3 heterocycles. The van der Waals surface area contributed by atoms with Gasteiger partial charge >= 0.3 is 23.9 Å². The zero-order valence-electron chi connectivity index (χ0n) is 48.0. The number of nitrogens with one attached hydrogen (secondary N) is 3. The van der Waals surface area contributed by atoms with E-state index in [0.29, 0.717) is 39.0 Å². The molecule has 0 bridgehead atoms. The minimum Gasteiger partial charge on any atom is -0.469 e. The van der Waals surface area contributed by atoms with Crippen LogP contribution < -0.4 is 21.7 Å². The summed E-state index contributed by atoms with van der Waals surface area (Å²) in [5.74, 6) is -2.68. The number of nitrogens with zero attached hydrogens (tertiary/aromatic N) is 2. The molecule has 0 aliphatic carbocycles. The van der Waals surface area contributed by atoms with Gasteiger partial charge in [0.2, 0.25) is 29.5 Å². The summed E-state index contributed by atoms with van der Waals surface area (Å²) in [6.45, 7) is 24.9. The van der Waals surface area contributed by atoms with E-state index < -0.39 is 60.2 Å². The van der Waals surface area contributed by atoms with Crippen LogP contribution in [0.25, 0.3) is 0 Å². The molecule has 3 fully saturated rings. The second-order valence-corrected chi connectivity index (χ2v) is 39.2. The lowest BCUT2D eigenvalue weighted by Crippen LogP contribution is -2.51. The molecule has 3 saturated heterocycles. The SMILES string of the molecule is COC(=O)/C=C\C(=O)OC.COC(=O)CC(NCCC[Si](C)(C)C)C(=O)OC.C[Si](C)(C)CCCN.C[Si](C)(C)CCCNC(CC(=O)N1CCCCCC1=O)C(=O)N1CCCCCC1=O.O=C1CCCCCN1. The molecule has 0 aromatic rings. The van der Waals surface area contributed by atoms with E-state index in [-0.39, 0.29) is 42.4 Å². The molecule has 19 nitrogen and oxygen atoms in total. The maximum absolute atomic E-state index is 13.2. The number of likely N-dealkylation sites (tertiary alicyclic amines) is 2. The average molecular weight is 1100 g/mol. The van der Waals surface area contributed by atoms with E-state index in [2.05, 4.69) is 93.8 Å². The monoisotopic (exact) mass is 1100 g/mol. The topological polar surface area (TPSA) is 259 Å². The maximum atomic E-state index is 13.2. The fraction of sp³-hybridized carbons (Fsp3) is 0.788. The lowest BCUT2D eigenvalue weighted by Gasteiger charge is -2.27. The molecule has 5 N–H and O–H groups in total. The van der Waals surface area contributed by atoms with Gasteiger partial charge in [-0.15, -0.1) is 0 Å². The Morgan fingerprint density at radius 1 is 0.568 bits per heavy atom. The normalized spacial score (nSPS) is 16.2. The number of hydrogen-bond donors (Lipinski definition) is 4. The Hall–Kier alpha value is -4.10. The predicted molar refractivity (Wildman–Crippen MR) is 299 cm³/mol. The number of nitrogens with two attached hydrogens (primary N) is 1. The van der Waals surface area contributed by atoms with Gasteiger partial charge < -0.3 is 40.6 Å². The Morgan fingerprint density at radius 3 is 1.46 bits per heavy atom. The van der Waals surface area contributed by atoms with Crippen LogP contribution in [0.4, 0.5) is 0 Å². The molecule has 0 saturated carbocycles. The quantitative estimate of drug-likeness (QED) is 0.0312. The van der Waals surface area contributed by atoms with Crippen molar-refractivity contribution >= 4 is 77.6 Å². The zero-order valence-corrected chi connectivity index (χ0v) is 51.0. The van der Waals surface area contributed by atoms with E-state index in [1.54, 1.807) is 0 Å². The van der Waals surface area contributed by atoms with Gasteiger partial charge in [0.05, 0.1) is 47.3 Å². The Kier molecular flexibility index (Phi) is 40.0. The van der Waals surface area contributed by atoms with Crippen LogP contribution >= 0.6 is 0 Å². The van der Waals surface area contributed by atoms with Gasteiger partial charge in [-0.2, -0.15) is 0 Å². The third-order valence-corrected chi connectivity index (χ3v) is 17.3. The molecule has 5 amide bonds. The van der Waals surface area contributed by atoms with Gasteiger partial charge in [0.25, 0.3) is 0 Å². The molecule has 428 valence electrons. The van der Waals surface area contributed by atoms with Crippen LogP contribution in [0.3, 0.4) is 0 Å². The molecule has 22 heteroatoms. The Balaban J connectivity index is 0. The smallest absolute Gasteiger partial charge is 0.330 e. The van der Waals surface area contributed by atoms with Crippen molar-refractivity contribution in [1.82, 2.24) is 25.8 Å². The summed E-state index contributed by atoms with van der Waals surface area (Å²) in [6, 6.07) is 2.33. The van der Waals surface area contributed by atoms with Crippen molar-refractivity contribution in [3.8, 4) is 0 Å². The highest BCUT2D eigenvalue weighted by Gasteiger charge is 2.34. The Labute approximate surface area is 447 Å². The number of hydrogen-bond acceptors (Lipinski definition) is 16. The summed E-state index contributed by atoms with van der Waals surface area (Å²) in [4.78, 5) is 107. The Morgan fingerprint density at radius 2 is 1.01 bits per heavy atom. The van der Waals surface area contributed by atoms with E-state index in [0.717, 1.165) is 102 Å². The third-order valence-electron chi connectivity index (χ3n) is 11.8. The summed E-state index contributed by atoms with van der Waals surface area (Å²) >= 11 is 0. The van der Waals surface area contributed by atoms with Crippen molar-refractivity contribution in [3.05, 3.63) is 12.2 Å². The second kappa shape index (κ2) is 41.1. The summed E-state index contributed by atoms with van der Waals surface area (Å²) in [5.41, 5.74) is 5.36. The van der Waals surface area contributed by atoms with E-state index in [1.807, 2.05) is 0 Å². The second-order valence-electron chi connectivity index (χ2n) is 22.3. The van der Waals surface area contributed by atoms with Gasteiger partial charge in [0, 0.05) is 75.3 Å². The zero-order chi connectivity index (χ0) is 56.8. The number of esters is 4. The number of amides is 5. The minimum absolute atomic E-state index is 0.0100. The summed E-state index contributed by atoms with van der Waals surface area (Å²) in [6.07, 6.45) is 15.1. The largest absolute Gasteiger partial charge is 0.469 e. The minimum atomic E-state index is -1.19. The molecular formula is C52H100N6O13Si3. The number of carbonyl (C=O) groups is 9. The van der Waals surface area contributed by atoms with Gasteiger partial charge in [-0.25, -0.2) is 9.59 Å². The van der Waals surface area contributed by atoms with E-state index in [4.69, 9.17) is 5.73 Å². The van der Waals surface area contributed by atoms with Gasteiger partial charge in [0.1, 0.15) is 6.04 Å². The molecule has 0 aromatic carbocycles. The maximum Gasteiger partial charge on any atom is 0.330 e. The van der Waals surface area contributed by atoms with Crippen molar-refractivity contribution < 1.29 is 62.1 Å². The number of methoxy groups -OCH3 is 4. The molecule has 2 unspecified atom stereocenters. The highest BCUT2D eigenvalue weighted by molar-refractivity contribution is 6.76. The van der Waals surface area contributed by atoms with Crippen molar-refractivity contribution in [2.24, 2.45) is 5.73 Å². The van der Waals surface area contributed by atoms with Gasteiger partial charge in [-0.1, -0.05) is 96.3 Å². The fourth-order valence-electron chi connectivity index (χ4n) is 7.41. The molecule has 3 rings (SSSR count). The summed E-state index contributed by atoms with van der Waals surface area (Å²) in [5, 5.41) is 9.11. The van der Waals surface area contributed by atoms with Gasteiger partial charge in [0.15, 0.2) is 0 Å². The van der Waals surface area contributed by atoms with Crippen molar-refractivity contribution in [3.63, 3.8) is 0 Å². The van der Waals surface area contributed by atoms with Crippen LogP contribution in [-0.4, -0.2) is 167 Å². The molecule has 0 spiro atoms. The van der Waals surface area contributed by atoms with Gasteiger partial charge in [-0.3, -0.25) is 43.4 Å². The highest BCUT2D eigenvalue weighted by Crippen LogP contribution is 2.18.